The summed E-state index contributed by atoms with van der Waals surface area (Å²) in [7, 11) is 0. The quantitative estimate of drug-likeness (QED) is 0.803. The van der Waals surface area contributed by atoms with Crippen molar-refractivity contribution < 1.29 is 14.3 Å². The molecule has 0 spiro atoms. The Morgan fingerprint density at radius 2 is 2.14 bits per heavy atom. The van der Waals surface area contributed by atoms with Crippen LogP contribution in [0.4, 0.5) is 0 Å². The molecule has 0 N–H and O–H groups in total. The lowest BCUT2D eigenvalue weighted by molar-refractivity contribution is -0.153. The number of ether oxygens (including phenoxy) is 2. The summed E-state index contributed by atoms with van der Waals surface area (Å²) in [4.78, 5) is 16.3. The molecule has 21 heavy (non-hydrogen) atoms. The second-order valence-corrected chi connectivity index (χ2v) is 7.00. The van der Waals surface area contributed by atoms with Gasteiger partial charge in [-0.1, -0.05) is 13.8 Å². The molecule has 116 valence electrons. The SMILES string of the molecule is CC(C)C1Cc2c(cncc2CC(=O)OC(C)(C)C)CO1. The highest BCUT2D eigenvalue weighted by Gasteiger charge is 2.25. The molecular formula is C17H25NO3. The maximum absolute atomic E-state index is 12.0. The molecule has 4 heteroatoms. The Morgan fingerprint density at radius 1 is 1.43 bits per heavy atom. The van der Waals surface area contributed by atoms with E-state index in [2.05, 4.69) is 18.8 Å². The molecule has 1 aromatic heterocycles. The standard InChI is InChI=1S/C17H25NO3/c1-11(2)15-7-14-12(6-16(19)21-17(3,4)5)8-18-9-13(14)10-20-15/h8-9,11,15H,6-7,10H2,1-5H3. The van der Waals surface area contributed by atoms with Crippen molar-refractivity contribution in [2.75, 3.05) is 0 Å². The number of hydrogen-bond acceptors (Lipinski definition) is 4. The molecule has 2 rings (SSSR count). The lowest BCUT2D eigenvalue weighted by Gasteiger charge is -2.29. The second kappa shape index (κ2) is 6.14. The van der Waals surface area contributed by atoms with Gasteiger partial charge < -0.3 is 9.47 Å². The maximum atomic E-state index is 12.0. The van der Waals surface area contributed by atoms with Crippen molar-refractivity contribution >= 4 is 5.97 Å². The lowest BCUT2D eigenvalue weighted by Crippen LogP contribution is -2.29. The number of carbonyl (C=O) groups is 1. The van der Waals surface area contributed by atoms with E-state index in [1.54, 1.807) is 6.20 Å². The van der Waals surface area contributed by atoms with Crippen LogP contribution in [0.5, 0.6) is 0 Å². The molecule has 1 unspecified atom stereocenters. The van der Waals surface area contributed by atoms with Gasteiger partial charge in [-0.15, -0.1) is 0 Å². The third-order valence-corrected chi connectivity index (χ3v) is 3.59. The Labute approximate surface area is 126 Å². The molecule has 0 amide bonds. The van der Waals surface area contributed by atoms with E-state index < -0.39 is 5.60 Å². The van der Waals surface area contributed by atoms with E-state index in [0.29, 0.717) is 12.5 Å². The van der Waals surface area contributed by atoms with Crippen LogP contribution in [0.2, 0.25) is 0 Å². The van der Waals surface area contributed by atoms with Crippen molar-refractivity contribution in [3.05, 3.63) is 29.1 Å². The number of esters is 1. The molecule has 2 heterocycles. The number of pyridine rings is 1. The minimum absolute atomic E-state index is 0.203. The van der Waals surface area contributed by atoms with Gasteiger partial charge in [0.2, 0.25) is 0 Å². The first-order chi connectivity index (χ1) is 9.76. The summed E-state index contributed by atoms with van der Waals surface area (Å²) in [6.45, 7) is 10.5. The van der Waals surface area contributed by atoms with Gasteiger partial charge in [-0.3, -0.25) is 9.78 Å². The Morgan fingerprint density at radius 3 is 2.76 bits per heavy atom. The number of carbonyl (C=O) groups excluding carboxylic acids is 1. The van der Waals surface area contributed by atoms with E-state index in [0.717, 1.165) is 17.5 Å². The van der Waals surface area contributed by atoms with E-state index in [-0.39, 0.29) is 18.5 Å². The van der Waals surface area contributed by atoms with Gasteiger partial charge in [-0.2, -0.15) is 0 Å². The summed E-state index contributed by atoms with van der Waals surface area (Å²) in [5.41, 5.74) is 2.81. The summed E-state index contributed by atoms with van der Waals surface area (Å²) in [6, 6.07) is 0. The Kier molecular flexibility index (Phi) is 4.67. The molecule has 0 aromatic carbocycles. The predicted molar refractivity (Wildman–Crippen MR) is 80.9 cm³/mol. The van der Waals surface area contributed by atoms with Crippen LogP contribution in [0, 0.1) is 5.92 Å². The molecule has 0 aliphatic carbocycles. The molecule has 0 radical (unpaired) electrons. The highest BCUT2D eigenvalue weighted by atomic mass is 16.6. The van der Waals surface area contributed by atoms with Gasteiger partial charge in [0.25, 0.3) is 0 Å². The van der Waals surface area contributed by atoms with Gasteiger partial charge in [0.05, 0.1) is 19.1 Å². The van der Waals surface area contributed by atoms with Crippen molar-refractivity contribution in [1.29, 1.82) is 0 Å². The van der Waals surface area contributed by atoms with Crippen molar-refractivity contribution in [3.8, 4) is 0 Å². The largest absolute Gasteiger partial charge is 0.460 e. The van der Waals surface area contributed by atoms with E-state index in [1.807, 2.05) is 27.0 Å². The smallest absolute Gasteiger partial charge is 0.310 e. The summed E-state index contributed by atoms with van der Waals surface area (Å²) in [5, 5.41) is 0. The summed E-state index contributed by atoms with van der Waals surface area (Å²) < 4.78 is 11.3. The van der Waals surface area contributed by atoms with Crippen LogP contribution >= 0.6 is 0 Å². The Hall–Kier alpha value is -1.42. The van der Waals surface area contributed by atoms with Gasteiger partial charge >= 0.3 is 5.97 Å². The normalized spacial score (nSPS) is 18.5. The fourth-order valence-electron chi connectivity index (χ4n) is 2.54. The van der Waals surface area contributed by atoms with Crippen molar-refractivity contribution in [2.24, 2.45) is 5.92 Å². The van der Waals surface area contributed by atoms with Crippen molar-refractivity contribution in [3.63, 3.8) is 0 Å². The molecule has 1 aromatic rings. The number of nitrogens with zero attached hydrogens (tertiary/aromatic N) is 1. The number of aromatic nitrogens is 1. The first-order valence-corrected chi connectivity index (χ1v) is 7.54. The van der Waals surface area contributed by atoms with Crippen LogP contribution in [-0.4, -0.2) is 22.7 Å². The number of fused-ring (bicyclic) bond motifs is 1. The molecule has 1 atom stereocenters. The van der Waals surface area contributed by atoms with Gasteiger partial charge in [0, 0.05) is 12.4 Å². The van der Waals surface area contributed by atoms with E-state index in [9.17, 15) is 4.79 Å². The van der Waals surface area contributed by atoms with Gasteiger partial charge in [0.1, 0.15) is 5.60 Å². The van der Waals surface area contributed by atoms with Crippen LogP contribution in [0.15, 0.2) is 12.4 Å². The molecule has 0 saturated carbocycles. The van der Waals surface area contributed by atoms with E-state index in [1.165, 1.54) is 5.56 Å². The molecule has 0 fully saturated rings. The molecule has 0 saturated heterocycles. The molecule has 0 bridgehead atoms. The third-order valence-electron chi connectivity index (χ3n) is 3.59. The van der Waals surface area contributed by atoms with E-state index in [4.69, 9.17) is 9.47 Å². The topological polar surface area (TPSA) is 48.4 Å². The van der Waals surface area contributed by atoms with Crippen LogP contribution in [0.1, 0.15) is 51.3 Å². The molecule has 1 aliphatic rings. The van der Waals surface area contributed by atoms with Crippen molar-refractivity contribution in [2.45, 2.75) is 65.8 Å². The zero-order valence-electron chi connectivity index (χ0n) is 13.6. The van der Waals surface area contributed by atoms with Crippen LogP contribution < -0.4 is 0 Å². The molecule has 4 nitrogen and oxygen atoms in total. The van der Waals surface area contributed by atoms with Crippen molar-refractivity contribution in [1.82, 2.24) is 4.98 Å². The average Bonchev–Trinajstić information content (AvgIpc) is 2.36. The molecular weight excluding hydrogens is 266 g/mol. The van der Waals surface area contributed by atoms with Crippen LogP contribution in [0.25, 0.3) is 0 Å². The van der Waals surface area contributed by atoms with Gasteiger partial charge in [0.15, 0.2) is 0 Å². The summed E-state index contributed by atoms with van der Waals surface area (Å²) >= 11 is 0. The van der Waals surface area contributed by atoms with Gasteiger partial charge in [-0.25, -0.2) is 0 Å². The lowest BCUT2D eigenvalue weighted by atomic mass is 9.90. The fourth-order valence-corrected chi connectivity index (χ4v) is 2.54. The first-order valence-electron chi connectivity index (χ1n) is 7.54. The Balaban J connectivity index is 2.17. The van der Waals surface area contributed by atoms with E-state index >= 15 is 0 Å². The zero-order chi connectivity index (χ0) is 15.6. The monoisotopic (exact) mass is 291 g/mol. The minimum Gasteiger partial charge on any atom is -0.460 e. The summed E-state index contributed by atoms with van der Waals surface area (Å²) in [5.74, 6) is 0.256. The third kappa shape index (κ3) is 4.27. The number of hydrogen-bond donors (Lipinski definition) is 0. The molecule has 1 aliphatic heterocycles. The average molecular weight is 291 g/mol. The highest BCUT2D eigenvalue weighted by molar-refractivity contribution is 5.73. The second-order valence-electron chi connectivity index (χ2n) is 7.00. The minimum atomic E-state index is -0.455. The fraction of sp³-hybridized carbons (Fsp3) is 0.647. The maximum Gasteiger partial charge on any atom is 0.310 e. The summed E-state index contributed by atoms with van der Waals surface area (Å²) in [6.07, 6.45) is 4.94. The number of rotatable bonds is 3. The Bertz CT molecular complexity index is 517. The highest BCUT2D eigenvalue weighted by Crippen LogP contribution is 2.27. The van der Waals surface area contributed by atoms with Gasteiger partial charge in [-0.05, 0) is 49.8 Å². The van der Waals surface area contributed by atoms with Crippen LogP contribution in [-0.2, 0) is 33.7 Å². The predicted octanol–water partition coefficient (Wildman–Crippen LogP) is 3.06. The van der Waals surface area contributed by atoms with Crippen LogP contribution in [0.3, 0.4) is 0 Å². The first kappa shape index (κ1) is 16.0. The zero-order valence-corrected chi connectivity index (χ0v) is 13.6.